The van der Waals surface area contributed by atoms with Crippen molar-refractivity contribution < 1.29 is 27.7 Å². The second kappa shape index (κ2) is 13.8. The highest BCUT2D eigenvalue weighted by molar-refractivity contribution is 7.49. The van der Waals surface area contributed by atoms with Gasteiger partial charge in [-0.15, -0.1) is 11.6 Å². The lowest BCUT2D eigenvalue weighted by Crippen LogP contribution is -2.11. The number of halogens is 1. The average Bonchev–Trinajstić information content (AvgIpc) is 2.51. The first kappa shape index (κ1) is 22.4. The first-order valence-corrected chi connectivity index (χ1v) is 10.2. The maximum atomic E-state index is 12.2. The van der Waals surface area contributed by atoms with Crippen LogP contribution in [0, 0.1) is 0 Å². The highest BCUT2D eigenvalue weighted by Gasteiger charge is 2.34. The van der Waals surface area contributed by atoms with Crippen molar-refractivity contribution >= 4 is 31.4 Å². The summed E-state index contributed by atoms with van der Waals surface area (Å²) < 4.78 is 26.4. The maximum absolute atomic E-state index is 12.2. The van der Waals surface area contributed by atoms with Gasteiger partial charge in [-0.1, -0.05) is 52.4 Å². The van der Waals surface area contributed by atoms with E-state index < -0.39 is 19.8 Å². The summed E-state index contributed by atoms with van der Waals surface area (Å²) in [6, 6.07) is 0. The van der Waals surface area contributed by atoms with Crippen molar-refractivity contribution in [3.8, 4) is 0 Å². The Kier molecular flexibility index (Phi) is 13.5. The molecule has 136 valence electrons. The van der Waals surface area contributed by atoms with Gasteiger partial charge in [0.15, 0.2) is 0 Å². The lowest BCUT2D eigenvalue weighted by Gasteiger charge is -2.16. The van der Waals surface area contributed by atoms with Crippen LogP contribution >= 0.6 is 19.4 Å². The number of phosphoric acid groups is 1. The molecule has 1 atom stereocenters. The van der Waals surface area contributed by atoms with E-state index >= 15 is 0 Å². The first-order valence-electron chi connectivity index (χ1n) is 8.22. The Labute approximate surface area is 143 Å². The molecule has 0 amide bonds. The smallest absolute Gasteiger partial charge is 0.361 e. The minimum atomic E-state index is -4.22. The third kappa shape index (κ3) is 12.5. The molecule has 0 radical (unpaired) electrons. The fourth-order valence-corrected chi connectivity index (χ4v) is 3.17. The number of unbranched alkanes of at least 4 members (excludes halogenated alkanes) is 6. The molecule has 0 aromatic heterocycles. The van der Waals surface area contributed by atoms with E-state index in [1.807, 2.05) is 0 Å². The van der Waals surface area contributed by atoms with Crippen molar-refractivity contribution in [1.82, 2.24) is 0 Å². The Morgan fingerprint density at radius 1 is 0.913 bits per heavy atom. The van der Waals surface area contributed by atoms with Crippen LogP contribution < -0.4 is 0 Å². The van der Waals surface area contributed by atoms with Gasteiger partial charge in [0, 0.05) is 18.7 Å². The molecule has 0 saturated carbocycles. The molecular weight excluding hydrogens is 343 g/mol. The molecule has 6 nitrogen and oxygen atoms in total. The van der Waals surface area contributed by atoms with Gasteiger partial charge in [0.2, 0.25) is 0 Å². The Morgan fingerprint density at radius 3 is 2.04 bits per heavy atom. The van der Waals surface area contributed by atoms with E-state index in [0.29, 0.717) is 6.42 Å². The van der Waals surface area contributed by atoms with Crippen molar-refractivity contribution in [3.63, 3.8) is 0 Å². The van der Waals surface area contributed by atoms with Crippen LogP contribution in [0.3, 0.4) is 0 Å². The number of carbonyl (C=O) groups is 2. The number of hydrogen-bond acceptors (Lipinski definition) is 6. The van der Waals surface area contributed by atoms with Gasteiger partial charge >= 0.3 is 19.8 Å². The topological polar surface area (TPSA) is 78.9 Å². The molecule has 0 aliphatic carbocycles. The van der Waals surface area contributed by atoms with Gasteiger partial charge in [-0.3, -0.25) is 14.1 Å². The van der Waals surface area contributed by atoms with Crippen LogP contribution in [0.1, 0.15) is 71.6 Å². The molecule has 0 rings (SSSR count). The van der Waals surface area contributed by atoms with E-state index in [9.17, 15) is 14.2 Å². The molecule has 0 fully saturated rings. The van der Waals surface area contributed by atoms with Crippen molar-refractivity contribution in [1.29, 1.82) is 0 Å². The zero-order valence-electron chi connectivity index (χ0n) is 14.1. The fourth-order valence-electron chi connectivity index (χ4n) is 1.80. The lowest BCUT2D eigenvalue weighted by molar-refractivity contribution is -0.140. The SMILES string of the molecule is CCCCCCCCCC(=O)OP(=O)(OCCCl)OC(=O)CC. The summed E-state index contributed by atoms with van der Waals surface area (Å²) in [5.74, 6) is -1.41. The lowest BCUT2D eigenvalue weighted by atomic mass is 10.1. The Balaban J connectivity index is 4.12. The average molecular weight is 371 g/mol. The number of rotatable bonds is 14. The van der Waals surface area contributed by atoms with Crippen LogP contribution in [0.2, 0.25) is 0 Å². The summed E-state index contributed by atoms with van der Waals surface area (Å²) >= 11 is 5.44. The van der Waals surface area contributed by atoms with E-state index in [4.69, 9.17) is 20.6 Å². The molecule has 0 aromatic carbocycles. The molecule has 0 saturated heterocycles. The predicted octanol–water partition coefficient (Wildman–Crippen LogP) is 4.99. The summed E-state index contributed by atoms with van der Waals surface area (Å²) in [5.41, 5.74) is 0. The minimum Gasteiger partial charge on any atom is -0.361 e. The Hall–Kier alpha value is -0.580. The van der Waals surface area contributed by atoms with Crippen molar-refractivity contribution in [2.75, 3.05) is 12.5 Å². The summed E-state index contributed by atoms with van der Waals surface area (Å²) in [5, 5.41) is 0. The van der Waals surface area contributed by atoms with Gasteiger partial charge in [0.05, 0.1) is 6.61 Å². The fraction of sp³-hybridized carbons (Fsp3) is 0.867. The van der Waals surface area contributed by atoms with Gasteiger partial charge in [-0.25, -0.2) is 4.57 Å². The van der Waals surface area contributed by atoms with E-state index in [0.717, 1.165) is 19.3 Å². The minimum absolute atomic E-state index is 0.00351. The molecule has 8 heteroatoms. The monoisotopic (exact) mass is 370 g/mol. The third-order valence-corrected chi connectivity index (χ3v) is 4.53. The van der Waals surface area contributed by atoms with Crippen molar-refractivity contribution in [2.24, 2.45) is 0 Å². The second-order valence-electron chi connectivity index (χ2n) is 5.12. The van der Waals surface area contributed by atoms with Gasteiger partial charge in [0.25, 0.3) is 0 Å². The summed E-state index contributed by atoms with van der Waals surface area (Å²) in [6.07, 6.45) is 7.49. The van der Waals surface area contributed by atoms with E-state index in [1.165, 1.54) is 26.2 Å². The third-order valence-electron chi connectivity index (χ3n) is 3.03. The van der Waals surface area contributed by atoms with Crippen LogP contribution in [-0.4, -0.2) is 24.4 Å². The van der Waals surface area contributed by atoms with E-state index in [2.05, 4.69) is 11.4 Å². The standard InChI is InChI=1S/C15H28ClO6P/c1-3-5-6-7-8-9-10-11-15(18)22-23(19,20-13-12-16)21-14(17)4-2/h3-13H2,1-2H3. The van der Waals surface area contributed by atoms with Crippen LogP contribution in [0.4, 0.5) is 0 Å². The van der Waals surface area contributed by atoms with E-state index in [-0.39, 0.29) is 25.3 Å². The number of alkyl halides is 1. The van der Waals surface area contributed by atoms with Crippen LogP contribution in [0.25, 0.3) is 0 Å². The molecule has 0 heterocycles. The molecule has 0 aliphatic rings. The Bertz CT molecular complexity index is 388. The normalized spacial score (nSPS) is 13.3. The molecular formula is C15H28ClO6P. The van der Waals surface area contributed by atoms with Crippen molar-refractivity contribution in [2.45, 2.75) is 71.6 Å². The highest BCUT2D eigenvalue weighted by Crippen LogP contribution is 2.50. The van der Waals surface area contributed by atoms with Gasteiger partial charge in [-0.05, 0) is 6.42 Å². The van der Waals surface area contributed by atoms with Crippen molar-refractivity contribution in [3.05, 3.63) is 0 Å². The van der Waals surface area contributed by atoms with E-state index in [1.54, 1.807) is 0 Å². The number of carbonyl (C=O) groups excluding carboxylic acids is 2. The Morgan fingerprint density at radius 2 is 1.48 bits per heavy atom. The highest BCUT2D eigenvalue weighted by atomic mass is 35.5. The predicted molar refractivity (Wildman–Crippen MR) is 89.4 cm³/mol. The zero-order valence-corrected chi connectivity index (χ0v) is 15.7. The molecule has 1 unspecified atom stereocenters. The molecule has 0 aromatic rings. The summed E-state index contributed by atoms with van der Waals surface area (Å²) in [6.45, 7) is 3.56. The van der Waals surface area contributed by atoms with Gasteiger partial charge < -0.3 is 9.05 Å². The summed E-state index contributed by atoms with van der Waals surface area (Å²) in [4.78, 5) is 23.0. The first-order chi connectivity index (χ1) is 11.0. The summed E-state index contributed by atoms with van der Waals surface area (Å²) in [7, 11) is -4.22. The van der Waals surface area contributed by atoms with Crippen LogP contribution in [0.5, 0.6) is 0 Å². The zero-order chi connectivity index (χ0) is 17.6. The molecule has 0 spiro atoms. The second-order valence-corrected chi connectivity index (χ2v) is 7.02. The van der Waals surface area contributed by atoms with Gasteiger partial charge in [-0.2, -0.15) is 0 Å². The molecule has 23 heavy (non-hydrogen) atoms. The van der Waals surface area contributed by atoms with Gasteiger partial charge in [0.1, 0.15) is 0 Å². The van der Waals surface area contributed by atoms with Crippen LogP contribution in [-0.2, 0) is 27.7 Å². The maximum Gasteiger partial charge on any atom is 0.592 e. The number of phosphoric ester groups is 1. The largest absolute Gasteiger partial charge is 0.592 e. The quantitative estimate of drug-likeness (QED) is 0.243. The van der Waals surface area contributed by atoms with Crippen LogP contribution in [0.15, 0.2) is 0 Å². The molecule has 0 aliphatic heterocycles. The molecule has 0 N–H and O–H groups in total. The number of hydrogen-bond donors (Lipinski definition) is 0. The molecule has 0 bridgehead atoms.